The Morgan fingerprint density at radius 3 is 2.47 bits per heavy atom. The summed E-state index contributed by atoms with van der Waals surface area (Å²) in [5.74, 6) is -2.04. The van der Waals surface area contributed by atoms with Gasteiger partial charge in [-0.1, -0.05) is 25.9 Å². The molecule has 1 aromatic heterocycles. The van der Waals surface area contributed by atoms with Gasteiger partial charge in [-0.3, -0.25) is 4.79 Å². The third-order valence-corrected chi connectivity index (χ3v) is 2.60. The molecule has 0 saturated carbocycles. The van der Waals surface area contributed by atoms with Crippen LogP contribution in [0.2, 0.25) is 0 Å². The molecular weight excluding hydrogens is 224 g/mol. The van der Waals surface area contributed by atoms with Gasteiger partial charge in [-0.2, -0.15) is 0 Å². The third-order valence-electron chi connectivity index (χ3n) is 2.60. The average Bonchev–Trinajstić information content (AvgIpc) is 2.64. The molecule has 0 spiro atoms. The summed E-state index contributed by atoms with van der Waals surface area (Å²) in [7, 11) is 0. The average molecular weight is 240 g/mol. The fraction of sp³-hybridized carbons (Fsp3) is 0.545. The van der Waals surface area contributed by atoms with Crippen LogP contribution >= 0.6 is 0 Å². The van der Waals surface area contributed by atoms with Gasteiger partial charge in [0.05, 0.1) is 0 Å². The quantitative estimate of drug-likeness (QED) is 0.835. The number of carboxylic acid groups (broad SMARTS) is 1. The topological polar surface area (TPSA) is 92.4 Å². The van der Waals surface area contributed by atoms with E-state index >= 15 is 0 Å². The monoisotopic (exact) mass is 240 g/mol. The Kier molecular flexibility index (Phi) is 3.55. The number of carbonyl (C=O) groups is 2. The minimum atomic E-state index is -1.25. The van der Waals surface area contributed by atoms with Gasteiger partial charge in [0.15, 0.2) is 5.69 Å². The minimum absolute atomic E-state index is 0.0292. The van der Waals surface area contributed by atoms with Crippen LogP contribution in [-0.4, -0.2) is 28.2 Å². The van der Waals surface area contributed by atoms with Crippen LogP contribution in [0.25, 0.3) is 0 Å². The van der Waals surface area contributed by atoms with Crippen LogP contribution in [0.3, 0.4) is 0 Å². The van der Waals surface area contributed by atoms with Crippen molar-refractivity contribution in [3.05, 3.63) is 17.5 Å². The normalized spacial score (nSPS) is 13.2. The summed E-state index contributed by atoms with van der Waals surface area (Å²) < 4.78 is 4.50. The van der Waals surface area contributed by atoms with Crippen LogP contribution in [0.1, 0.15) is 48.7 Å². The zero-order valence-electron chi connectivity index (χ0n) is 10.3. The molecule has 2 N–H and O–H groups in total. The van der Waals surface area contributed by atoms with E-state index in [1.807, 2.05) is 27.7 Å². The van der Waals surface area contributed by atoms with Crippen LogP contribution in [0.5, 0.6) is 0 Å². The van der Waals surface area contributed by atoms with Crippen LogP contribution in [0.15, 0.2) is 10.6 Å². The number of hydrogen-bond donors (Lipinski definition) is 2. The molecule has 0 aliphatic heterocycles. The lowest BCUT2D eigenvalue weighted by atomic mass is 9.88. The second-order valence-electron chi connectivity index (χ2n) is 4.94. The number of amides is 1. The first-order valence-corrected chi connectivity index (χ1v) is 5.22. The molecule has 1 unspecified atom stereocenters. The Labute approximate surface area is 99.0 Å². The van der Waals surface area contributed by atoms with E-state index in [4.69, 9.17) is 5.11 Å². The molecule has 1 rings (SSSR count). The fourth-order valence-corrected chi connectivity index (χ4v) is 0.970. The molecule has 1 amide bonds. The number of carbonyl (C=O) groups excluding carboxylic acids is 1. The highest BCUT2D eigenvalue weighted by molar-refractivity contribution is 5.94. The maximum Gasteiger partial charge on any atom is 0.374 e. The summed E-state index contributed by atoms with van der Waals surface area (Å²) in [5, 5.41) is 14.8. The van der Waals surface area contributed by atoms with Crippen LogP contribution in [0, 0.1) is 5.41 Å². The predicted octanol–water partition coefficient (Wildman–Crippen LogP) is 1.54. The van der Waals surface area contributed by atoms with Gasteiger partial charge >= 0.3 is 5.97 Å². The molecule has 0 aliphatic carbocycles. The van der Waals surface area contributed by atoms with Crippen LogP contribution in [0.4, 0.5) is 0 Å². The Morgan fingerprint density at radius 2 is 2.06 bits per heavy atom. The molecule has 1 atom stereocenters. The summed E-state index contributed by atoms with van der Waals surface area (Å²) in [6, 6.07) is 1.03. The highest BCUT2D eigenvalue weighted by Crippen LogP contribution is 2.18. The number of carboxylic acids is 1. The van der Waals surface area contributed by atoms with Gasteiger partial charge in [0.25, 0.3) is 5.91 Å². The molecule has 94 valence electrons. The van der Waals surface area contributed by atoms with Crippen molar-refractivity contribution in [2.75, 3.05) is 0 Å². The van der Waals surface area contributed by atoms with E-state index in [1.54, 1.807) is 0 Å². The van der Waals surface area contributed by atoms with Gasteiger partial charge in [0.1, 0.15) is 0 Å². The molecule has 1 heterocycles. The maximum atomic E-state index is 11.7. The summed E-state index contributed by atoms with van der Waals surface area (Å²) >= 11 is 0. The molecule has 0 aliphatic rings. The smallest absolute Gasteiger partial charge is 0.374 e. The molecule has 17 heavy (non-hydrogen) atoms. The van der Waals surface area contributed by atoms with E-state index in [0.717, 1.165) is 6.07 Å². The number of hydrogen-bond acceptors (Lipinski definition) is 4. The number of nitrogens with one attached hydrogen (secondary N) is 1. The molecule has 6 heteroatoms. The highest BCUT2D eigenvalue weighted by atomic mass is 16.5. The summed E-state index contributed by atoms with van der Waals surface area (Å²) in [4.78, 5) is 22.3. The number of aromatic carboxylic acids is 1. The molecule has 1 aromatic rings. The van der Waals surface area contributed by atoms with E-state index in [9.17, 15) is 9.59 Å². The summed E-state index contributed by atoms with van der Waals surface area (Å²) in [5.41, 5.74) is -0.117. The van der Waals surface area contributed by atoms with Gasteiger partial charge in [0.2, 0.25) is 5.76 Å². The van der Waals surface area contributed by atoms with Gasteiger partial charge in [0, 0.05) is 12.1 Å². The van der Waals surface area contributed by atoms with Crippen LogP contribution < -0.4 is 5.32 Å². The lowest BCUT2D eigenvalue weighted by Crippen LogP contribution is -2.41. The largest absolute Gasteiger partial charge is 0.475 e. The summed E-state index contributed by atoms with van der Waals surface area (Å²) in [6.07, 6.45) is 0. The number of rotatable bonds is 3. The third kappa shape index (κ3) is 3.30. The first kappa shape index (κ1) is 13.2. The van der Waals surface area contributed by atoms with Gasteiger partial charge in [-0.05, 0) is 12.3 Å². The Balaban J connectivity index is 2.73. The van der Waals surface area contributed by atoms with E-state index in [-0.39, 0.29) is 22.9 Å². The maximum absolute atomic E-state index is 11.7. The molecule has 0 saturated heterocycles. The van der Waals surface area contributed by atoms with Crippen molar-refractivity contribution in [2.24, 2.45) is 5.41 Å². The van der Waals surface area contributed by atoms with Gasteiger partial charge in [-0.25, -0.2) is 4.79 Å². The SMILES string of the molecule is CC(NC(=O)c1cc(C(=O)O)on1)C(C)(C)C. The van der Waals surface area contributed by atoms with Crippen LogP contribution in [-0.2, 0) is 0 Å². The van der Waals surface area contributed by atoms with E-state index < -0.39 is 11.9 Å². The van der Waals surface area contributed by atoms with Crippen molar-refractivity contribution < 1.29 is 19.2 Å². The molecular formula is C11H16N2O4. The lowest BCUT2D eigenvalue weighted by Gasteiger charge is -2.27. The highest BCUT2D eigenvalue weighted by Gasteiger charge is 2.24. The van der Waals surface area contributed by atoms with E-state index in [2.05, 4.69) is 15.0 Å². The first-order valence-electron chi connectivity index (χ1n) is 5.22. The number of nitrogens with zero attached hydrogens (tertiary/aromatic N) is 1. The van der Waals surface area contributed by atoms with Crippen molar-refractivity contribution >= 4 is 11.9 Å². The Hall–Kier alpha value is -1.85. The molecule has 0 radical (unpaired) electrons. The Morgan fingerprint density at radius 1 is 1.47 bits per heavy atom. The first-order chi connectivity index (χ1) is 7.71. The van der Waals surface area contributed by atoms with Crippen molar-refractivity contribution in [1.29, 1.82) is 0 Å². The van der Waals surface area contributed by atoms with Crippen molar-refractivity contribution in [2.45, 2.75) is 33.7 Å². The van der Waals surface area contributed by atoms with Crippen molar-refractivity contribution in [1.82, 2.24) is 10.5 Å². The lowest BCUT2D eigenvalue weighted by molar-refractivity contribution is 0.0650. The molecule has 0 bridgehead atoms. The van der Waals surface area contributed by atoms with E-state index in [0.29, 0.717) is 0 Å². The standard InChI is InChI=1S/C11H16N2O4/c1-6(11(2,3)4)12-9(14)7-5-8(10(15)16)17-13-7/h5-6H,1-4H3,(H,12,14)(H,15,16). The second kappa shape index (κ2) is 4.57. The Bertz CT molecular complexity index is 431. The molecule has 0 aromatic carbocycles. The number of aromatic nitrogens is 1. The fourth-order valence-electron chi connectivity index (χ4n) is 0.970. The van der Waals surface area contributed by atoms with Gasteiger partial charge < -0.3 is 14.9 Å². The zero-order chi connectivity index (χ0) is 13.2. The van der Waals surface area contributed by atoms with Crippen molar-refractivity contribution in [3.8, 4) is 0 Å². The second-order valence-corrected chi connectivity index (χ2v) is 4.94. The zero-order valence-corrected chi connectivity index (χ0v) is 10.3. The van der Waals surface area contributed by atoms with Gasteiger partial charge in [-0.15, -0.1) is 0 Å². The minimum Gasteiger partial charge on any atom is -0.475 e. The van der Waals surface area contributed by atoms with E-state index in [1.165, 1.54) is 0 Å². The van der Waals surface area contributed by atoms with Crippen molar-refractivity contribution in [3.63, 3.8) is 0 Å². The summed E-state index contributed by atoms with van der Waals surface area (Å²) in [6.45, 7) is 7.84. The molecule has 6 nitrogen and oxygen atoms in total. The molecule has 0 fully saturated rings. The predicted molar refractivity (Wildman–Crippen MR) is 59.8 cm³/mol.